The van der Waals surface area contributed by atoms with Gasteiger partial charge in [-0.15, -0.1) is 0 Å². The van der Waals surface area contributed by atoms with Crippen molar-refractivity contribution in [3.05, 3.63) is 64.1 Å². The molecule has 0 aliphatic heterocycles. The maximum Gasteiger partial charge on any atom is 0.261 e. The number of amides is 2. The number of nitrogens with zero attached hydrogens (tertiary/aromatic N) is 1. The van der Waals surface area contributed by atoms with E-state index in [1.165, 1.54) is 5.56 Å². The van der Waals surface area contributed by atoms with Crippen LogP contribution in [0.25, 0.3) is 0 Å². The molecule has 2 aromatic rings. The maximum absolute atomic E-state index is 13.0. The molecular formula is C24H31BrN2O3. The van der Waals surface area contributed by atoms with Crippen LogP contribution in [0, 0.1) is 0 Å². The van der Waals surface area contributed by atoms with Gasteiger partial charge in [0.1, 0.15) is 11.8 Å². The molecular weight excluding hydrogens is 444 g/mol. The van der Waals surface area contributed by atoms with E-state index in [4.69, 9.17) is 4.74 Å². The Bertz CT molecular complexity index is 819. The van der Waals surface area contributed by atoms with Gasteiger partial charge >= 0.3 is 0 Å². The first-order valence-corrected chi connectivity index (χ1v) is 11.2. The summed E-state index contributed by atoms with van der Waals surface area (Å²) in [6.07, 6.45) is 0.842. The largest absolute Gasteiger partial charge is 0.484 e. The molecule has 0 aliphatic rings. The lowest BCUT2D eigenvalue weighted by Crippen LogP contribution is -2.49. The van der Waals surface area contributed by atoms with E-state index in [1.54, 1.807) is 11.8 Å². The minimum atomic E-state index is -0.598. The predicted molar refractivity (Wildman–Crippen MR) is 123 cm³/mol. The summed E-state index contributed by atoms with van der Waals surface area (Å²) in [5, 5.41) is 2.87. The molecule has 0 heterocycles. The fourth-order valence-corrected chi connectivity index (χ4v) is 3.21. The van der Waals surface area contributed by atoms with E-state index in [-0.39, 0.29) is 18.4 Å². The molecule has 1 N–H and O–H groups in total. The fourth-order valence-electron chi connectivity index (χ4n) is 2.94. The van der Waals surface area contributed by atoms with Crippen molar-refractivity contribution in [2.24, 2.45) is 0 Å². The lowest BCUT2D eigenvalue weighted by atomic mass is 10.0. The molecule has 5 nitrogen and oxygen atoms in total. The van der Waals surface area contributed by atoms with Crippen LogP contribution < -0.4 is 10.1 Å². The zero-order valence-electron chi connectivity index (χ0n) is 18.2. The molecule has 1 atom stereocenters. The summed E-state index contributed by atoms with van der Waals surface area (Å²) >= 11 is 3.42. The van der Waals surface area contributed by atoms with Gasteiger partial charge in [-0.2, -0.15) is 0 Å². The number of hydrogen-bond acceptors (Lipinski definition) is 3. The van der Waals surface area contributed by atoms with Crippen molar-refractivity contribution in [3.8, 4) is 5.75 Å². The molecule has 0 bridgehead atoms. The van der Waals surface area contributed by atoms with Crippen LogP contribution in [0.5, 0.6) is 5.75 Å². The standard InChI is InChI=1S/C24H31BrN2O3/c1-5-14-26-24(29)18(4)27(15-19-6-10-21(25)11-7-19)23(28)16-30-22-12-8-20(9-13-22)17(2)3/h6-13,17-18H,5,14-16H2,1-4H3,(H,26,29)/t18-/m1/s1. The highest BCUT2D eigenvalue weighted by Gasteiger charge is 2.26. The summed E-state index contributed by atoms with van der Waals surface area (Å²) in [5.41, 5.74) is 2.16. The van der Waals surface area contributed by atoms with E-state index < -0.39 is 6.04 Å². The zero-order chi connectivity index (χ0) is 22.1. The Kier molecular flexibility index (Phi) is 9.37. The summed E-state index contributed by atoms with van der Waals surface area (Å²) in [4.78, 5) is 27.1. The van der Waals surface area contributed by atoms with Crippen molar-refractivity contribution in [3.63, 3.8) is 0 Å². The number of ether oxygens (including phenoxy) is 1. The van der Waals surface area contributed by atoms with Crippen LogP contribution in [0.2, 0.25) is 0 Å². The summed E-state index contributed by atoms with van der Waals surface area (Å²) < 4.78 is 6.68. The molecule has 0 aliphatic carbocycles. The summed E-state index contributed by atoms with van der Waals surface area (Å²) in [6, 6.07) is 14.9. The molecule has 2 rings (SSSR count). The average molecular weight is 475 g/mol. The smallest absolute Gasteiger partial charge is 0.261 e. The highest BCUT2D eigenvalue weighted by atomic mass is 79.9. The van der Waals surface area contributed by atoms with Gasteiger partial charge < -0.3 is 15.0 Å². The first-order valence-electron chi connectivity index (χ1n) is 10.4. The van der Waals surface area contributed by atoms with Crippen LogP contribution in [0.4, 0.5) is 0 Å². The van der Waals surface area contributed by atoms with Gasteiger partial charge in [0.2, 0.25) is 5.91 Å². The monoisotopic (exact) mass is 474 g/mol. The predicted octanol–water partition coefficient (Wildman–Crippen LogP) is 4.89. The van der Waals surface area contributed by atoms with Crippen LogP contribution in [-0.2, 0) is 16.1 Å². The third-order valence-corrected chi connectivity index (χ3v) is 5.42. The molecule has 0 fully saturated rings. The van der Waals surface area contributed by atoms with Gasteiger partial charge in [0.15, 0.2) is 6.61 Å². The molecule has 30 heavy (non-hydrogen) atoms. The van der Waals surface area contributed by atoms with E-state index in [9.17, 15) is 9.59 Å². The summed E-state index contributed by atoms with van der Waals surface area (Å²) in [6.45, 7) is 8.80. The quantitative estimate of drug-likeness (QED) is 0.532. The SMILES string of the molecule is CCCNC(=O)[C@@H](C)N(Cc1ccc(Br)cc1)C(=O)COc1ccc(C(C)C)cc1. The van der Waals surface area contributed by atoms with Gasteiger partial charge in [-0.1, -0.05) is 61.0 Å². The fraction of sp³-hybridized carbons (Fsp3) is 0.417. The first kappa shape index (κ1) is 23.9. The number of carbonyl (C=O) groups excluding carboxylic acids is 2. The second kappa shape index (κ2) is 11.7. The van der Waals surface area contributed by atoms with Crippen molar-refractivity contribution < 1.29 is 14.3 Å². The van der Waals surface area contributed by atoms with Gasteiger partial charge in [0.25, 0.3) is 5.91 Å². The molecule has 0 spiro atoms. The molecule has 6 heteroatoms. The molecule has 0 saturated carbocycles. The second-order valence-corrected chi connectivity index (χ2v) is 8.54. The Morgan fingerprint density at radius 1 is 1.03 bits per heavy atom. The minimum absolute atomic E-state index is 0.122. The molecule has 0 aromatic heterocycles. The number of halogens is 1. The summed E-state index contributed by atoms with van der Waals surface area (Å²) in [7, 11) is 0. The average Bonchev–Trinajstić information content (AvgIpc) is 2.75. The van der Waals surface area contributed by atoms with E-state index in [0.717, 1.165) is 16.5 Å². The van der Waals surface area contributed by atoms with E-state index in [2.05, 4.69) is 35.1 Å². The molecule has 0 unspecified atom stereocenters. The van der Waals surface area contributed by atoms with Gasteiger partial charge in [0, 0.05) is 17.6 Å². The summed E-state index contributed by atoms with van der Waals surface area (Å²) in [5.74, 6) is 0.678. The molecule has 0 radical (unpaired) electrons. The second-order valence-electron chi connectivity index (χ2n) is 7.63. The normalized spacial score (nSPS) is 11.8. The lowest BCUT2D eigenvalue weighted by molar-refractivity contribution is -0.142. The number of carbonyl (C=O) groups is 2. The van der Waals surface area contributed by atoms with Crippen molar-refractivity contribution in [2.45, 2.75) is 52.6 Å². The Morgan fingerprint density at radius 3 is 2.23 bits per heavy atom. The van der Waals surface area contributed by atoms with Gasteiger partial charge in [-0.3, -0.25) is 9.59 Å². The maximum atomic E-state index is 13.0. The van der Waals surface area contributed by atoms with E-state index in [1.807, 2.05) is 55.5 Å². The highest BCUT2D eigenvalue weighted by molar-refractivity contribution is 9.10. The Labute approximate surface area is 187 Å². The van der Waals surface area contributed by atoms with Crippen LogP contribution in [-0.4, -0.2) is 35.9 Å². The number of rotatable bonds is 10. The Morgan fingerprint density at radius 2 is 1.67 bits per heavy atom. The minimum Gasteiger partial charge on any atom is -0.484 e. The number of nitrogens with one attached hydrogen (secondary N) is 1. The third kappa shape index (κ3) is 7.17. The van der Waals surface area contributed by atoms with Crippen LogP contribution >= 0.6 is 15.9 Å². The van der Waals surface area contributed by atoms with Gasteiger partial charge in [-0.25, -0.2) is 0 Å². The van der Waals surface area contributed by atoms with E-state index in [0.29, 0.717) is 24.8 Å². The van der Waals surface area contributed by atoms with Crippen molar-refractivity contribution in [2.75, 3.05) is 13.2 Å². The first-order chi connectivity index (χ1) is 14.3. The molecule has 0 saturated heterocycles. The zero-order valence-corrected chi connectivity index (χ0v) is 19.7. The third-order valence-electron chi connectivity index (χ3n) is 4.89. The molecule has 2 amide bonds. The van der Waals surface area contributed by atoms with Crippen molar-refractivity contribution in [1.29, 1.82) is 0 Å². The Hall–Kier alpha value is -2.34. The highest BCUT2D eigenvalue weighted by Crippen LogP contribution is 2.19. The van der Waals surface area contributed by atoms with E-state index >= 15 is 0 Å². The van der Waals surface area contributed by atoms with Crippen molar-refractivity contribution >= 4 is 27.7 Å². The molecule has 162 valence electrons. The number of benzene rings is 2. The van der Waals surface area contributed by atoms with Crippen molar-refractivity contribution in [1.82, 2.24) is 10.2 Å². The topological polar surface area (TPSA) is 58.6 Å². The lowest BCUT2D eigenvalue weighted by Gasteiger charge is -2.28. The molecule has 2 aromatic carbocycles. The van der Waals surface area contributed by atoms with Crippen LogP contribution in [0.1, 0.15) is 51.2 Å². The van der Waals surface area contributed by atoms with Gasteiger partial charge in [0.05, 0.1) is 0 Å². The Balaban J connectivity index is 2.09. The van der Waals surface area contributed by atoms with Crippen LogP contribution in [0.3, 0.4) is 0 Å². The van der Waals surface area contributed by atoms with Gasteiger partial charge in [-0.05, 0) is 54.7 Å². The number of hydrogen-bond donors (Lipinski definition) is 1. The van der Waals surface area contributed by atoms with Crippen LogP contribution in [0.15, 0.2) is 53.0 Å².